The first-order valence-electron chi connectivity index (χ1n) is 14.5. The molecule has 0 atom stereocenters. The molecule has 0 radical (unpaired) electrons. The Bertz CT molecular complexity index is 1680. The van der Waals surface area contributed by atoms with Gasteiger partial charge in [-0.05, 0) is 34.1 Å². The molecule has 4 aromatic heterocycles. The Hall–Kier alpha value is -2.99. The van der Waals surface area contributed by atoms with Gasteiger partial charge in [0.1, 0.15) is 18.2 Å². The molecule has 0 saturated heterocycles. The molecule has 4 rings (SSSR count). The van der Waals surface area contributed by atoms with E-state index in [9.17, 15) is 9.13 Å². The van der Waals surface area contributed by atoms with E-state index in [1.165, 1.54) is 6.33 Å². The lowest BCUT2D eigenvalue weighted by Crippen LogP contribution is -2.13. The summed E-state index contributed by atoms with van der Waals surface area (Å²) >= 11 is 5.99. The smallest absolute Gasteiger partial charge is 0.356 e. The van der Waals surface area contributed by atoms with Gasteiger partial charge in [0.2, 0.25) is 17.8 Å². The van der Waals surface area contributed by atoms with Gasteiger partial charge in [0, 0.05) is 13.1 Å². The van der Waals surface area contributed by atoms with Gasteiger partial charge in [-0.15, -0.1) is 0 Å². The summed E-state index contributed by atoms with van der Waals surface area (Å²) < 4.78 is 53.5. The lowest BCUT2D eigenvalue weighted by molar-refractivity contribution is 0.0961. The van der Waals surface area contributed by atoms with Crippen LogP contribution in [0, 0.1) is 0 Å². The van der Waals surface area contributed by atoms with Gasteiger partial charge in [0.05, 0.1) is 44.7 Å². The largest absolute Gasteiger partial charge is 0.476 e. The molecule has 4 aromatic rings. The summed E-state index contributed by atoms with van der Waals surface area (Å²) in [4.78, 5) is 41.9. The number of rotatable bonds is 17. The average Bonchev–Trinajstić information content (AvgIpc) is 3.55. The number of hydrogen-bond acceptors (Lipinski definition) is 15. The zero-order valence-corrected chi connectivity index (χ0v) is 29.3. The van der Waals surface area contributed by atoms with Crippen LogP contribution in [0.25, 0.3) is 22.3 Å². The number of imidazole rings is 2. The Balaban J connectivity index is 0.000000257. The fourth-order valence-corrected chi connectivity index (χ4v) is 6.30. The molecule has 0 fully saturated rings. The third-order valence-electron chi connectivity index (χ3n) is 5.54. The number of halogens is 1. The van der Waals surface area contributed by atoms with Crippen molar-refractivity contribution in [3.63, 3.8) is 0 Å². The number of aromatic nitrogens is 8. The SMILES string of the molecule is CC(C)OP(=O)(COCCn1cnc2c(Cl)nc(N)nc21)OC(C)C.CCCOc1nc(N)nc2c1ncn2CCOCP(=O)(O)O. The summed E-state index contributed by atoms with van der Waals surface area (Å²) in [5.74, 6) is 0.455. The monoisotopic (exact) mass is 722 g/mol. The van der Waals surface area contributed by atoms with Crippen LogP contribution in [0.5, 0.6) is 5.88 Å². The first-order chi connectivity index (χ1) is 22.1. The van der Waals surface area contributed by atoms with Gasteiger partial charge in [-0.25, -0.2) is 9.97 Å². The van der Waals surface area contributed by atoms with Crippen LogP contribution in [-0.2, 0) is 40.7 Å². The second kappa shape index (κ2) is 17.4. The molecule has 0 unspecified atom stereocenters. The van der Waals surface area contributed by atoms with E-state index in [4.69, 9.17) is 56.1 Å². The van der Waals surface area contributed by atoms with E-state index in [1.54, 1.807) is 43.2 Å². The minimum Gasteiger partial charge on any atom is -0.476 e. The van der Waals surface area contributed by atoms with E-state index in [1.807, 2.05) is 6.92 Å². The maximum atomic E-state index is 12.7. The number of ether oxygens (including phenoxy) is 3. The molecular formula is C25H41ClN10O9P2. The number of anilines is 2. The van der Waals surface area contributed by atoms with E-state index in [-0.39, 0.29) is 48.8 Å². The van der Waals surface area contributed by atoms with E-state index < -0.39 is 21.5 Å². The zero-order chi connectivity index (χ0) is 34.8. The van der Waals surface area contributed by atoms with Crippen LogP contribution < -0.4 is 16.2 Å². The van der Waals surface area contributed by atoms with Crippen LogP contribution in [0.3, 0.4) is 0 Å². The van der Waals surface area contributed by atoms with Gasteiger partial charge in [-0.1, -0.05) is 18.5 Å². The van der Waals surface area contributed by atoms with Crippen molar-refractivity contribution in [2.45, 2.75) is 66.3 Å². The highest BCUT2D eigenvalue weighted by Crippen LogP contribution is 2.50. The van der Waals surface area contributed by atoms with Crippen molar-refractivity contribution in [1.82, 2.24) is 39.0 Å². The Morgan fingerprint density at radius 3 is 1.85 bits per heavy atom. The molecule has 4 heterocycles. The van der Waals surface area contributed by atoms with Gasteiger partial charge in [-0.2, -0.15) is 19.9 Å². The molecule has 0 saturated carbocycles. The minimum atomic E-state index is -4.16. The molecule has 0 aliphatic rings. The summed E-state index contributed by atoms with van der Waals surface area (Å²) in [6.45, 7) is 10.7. The van der Waals surface area contributed by atoms with Crippen molar-refractivity contribution in [3.05, 3.63) is 17.8 Å². The van der Waals surface area contributed by atoms with Crippen LogP contribution in [0.1, 0.15) is 41.0 Å². The summed E-state index contributed by atoms with van der Waals surface area (Å²) in [6, 6.07) is 0. The second-order valence-electron chi connectivity index (χ2n) is 10.5. The number of nitrogen functional groups attached to an aromatic ring is 2. The van der Waals surface area contributed by atoms with E-state index >= 15 is 0 Å². The predicted molar refractivity (Wildman–Crippen MR) is 174 cm³/mol. The molecule has 262 valence electrons. The van der Waals surface area contributed by atoms with Crippen LogP contribution in [0.15, 0.2) is 12.7 Å². The Kier molecular flexibility index (Phi) is 14.3. The molecule has 0 aliphatic carbocycles. The third-order valence-corrected chi connectivity index (χ3v) is 8.30. The van der Waals surface area contributed by atoms with Crippen LogP contribution >= 0.6 is 26.8 Å². The molecule has 0 aromatic carbocycles. The number of fused-ring (bicyclic) bond motifs is 2. The molecule has 0 spiro atoms. The topological polar surface area (TPSA) is 260 Å². The highest BCUT2D eigenvalue weighted by molar-refractivity contribution is 7.53. The summed E-state index contributed by atoms with van der Waals surface area (Å²) in [5, 5.41) is 0.197. The predicted octanol–water partition coefficient (Wildman–Crippen LogP) is 3.43. The number of nitrogens with zero attached hydrogens (tertiary/aromatic N) is 8. The molecule has 0 bridgehead atoms. The molecule has 0 amide bonds. The number of hydrogen-bond donors (Lipinski definition) is 4. The van der Waals surface area contributed by atoms with Crippen LogP contribution in [0.4, 0.5) is 11.9 Å². The molecule has 47 heavy (non-hydrogen) atoms. The van der Waals surface area contributed by atoms with Gasteiger partial charge >= 0.3 is 15.2 Å². The van der Waals surface area contributed by atoms with Crippen LogP contribution in [-0.4, -0.2) is 93.5 Å². The van der Waals surface area contributed by atoms with E-state index in [0.29, 0.717) is 47.9 Å². The average molecular weight is 723 g/mol. The van der Waals surface area contributed by atoms with Crippen molar-refractivity contribution >= 4 is 61.0 Å². The fourth-order valence-electron chi connectivity index (χ4n) is 3.90. The van der Waals surface area contributed by atoms with Crippen molar-refractivity contribution in [3.8, 4) is 5.88 Å². The lowest BCUT2D eigenvalue weighted by atomic mass is 10.5. The van der Waals surface area contributed by atoms with Crippen molar-refractivity contribution in [1.29, 1.82) is 0 Å². The normalized spacial score (nSPS) is 12.3. The highest BCUT2D eigenvalue weighted by atomic mass is 35.5. The van der Waals surface area contributed by atoms with Gasteiger partial charge in [0.15, 0.2) is 22.0 Å². The molecular weight excluding hydrogens is 682 g/mol. The highest BCUT2D eigenvalue weighted by Gasteiger charge is 2.28. The minimum absolute atomic E-state index is 0.0662. The summed E-state index contributed by atoms with van der Waals surface area (Å²) in [7, 11) is -7.48. The molecule has 19 nitrogen and oxygen atoms in total. The Morgan fingerprint density at radius 1 is 0.809 bits per heavy atom. The molecule has 22 heteroatoms. The summed E-state index contributed by atoms with van der Waals surface area (Å²) in [6.07, 6.45) is 2.71. The lowest BCUT2D eigenvalue weighted by Gasteiger charge is -2.22. The second-order valence-corrected chi connectivity index (χ2v) is 14.3. The third kappa shape index (κ3) is 12.2. The quantitative estimate of drug-likeness (QED) is 0.0691. The van der Waals surface area contributed by atoms with Crippen molar-refractivity contribution < 1.29 is 42.2 Å². The van der Waals surface area contributed by atoms with Crippen LogP contribution in [0.2, 0.25) is 5.15 Å². The fraction of sp³-hybridized carbons (Fsp3) is 0.600. The van der Waals surface area contributed by atoms with Gasteiger partial charge < -0.3 is 53.6 Å². The first kappa shape index (κ1) is 38.5. The number of nitrogens with two attached hydrogens (primary N) is 2. The summed E-state index contributed by atoms with van der Waals surface area (Å²) in [5.41, 5.74) is 13.2. The molecule has 6 N–H and O–H groups in total. The van der Waals surface area contributed by atoms with Crippen molar-refractivity contribution in [2.75, 3.05) is 44.0 Å². The molecule has 0 aliphatic heterocycles. The Labute approximate surface area is 276 Å². The first-order valence-corrected chi connectivity index (χ1v) is 18.4. The zero-order valence-electron chi connectivity index (χ0n) is 26.7. The Morgan fingerprint density at radius 2 is 1.32 bits per heavy atom. The van der Waals surface area contributed by atoms with E-state index in [0.717, 1.165) is 6.42 Å². The standard InChI is InChI=1S/C14H23ClN5O4P.C11H18N5O5P/c1-9(2)23-25(21,24-10(3)4)8-22-6-5-20-7-17-11-12(15)18-14(16)19-13(11)20;1-2-4-21-10-8-9(14-11(12)15-10)16(6-13-8)3-5-20-7-22(17,18)19/h7,9-10H,5-6,8H2,1-4H3,(H2,16,18,19);6H,2-5,7H2,1H3,(H2,12,14,15)(H2,17,18,19). The maximum absolute atomic E-state index is 12.7. The van der Waals surface area contributed by atoms with Crippen molar-refractivity contribution in [2.24, 2.45) is 0 Å². The van der Waals surface area contributed by atoms with E-state index in [2.05, 4.69) is 29.9 Å². The van der Waals surface area contributed by atoms with Gasteiger partial charge in [-0.3, -0.25) is 9.13 Å². The maximum Gasteiger partial charge on any atom is 0.356 e. The van der Waals surface area contributed by atoms with Gasteiger partial charge in [0.25, 0.3) is 0 Å².